The minimum atomic E-state index is -0.446. The number of nitrogens with one attached hydrogen (secondary N) is 3. The molecule has 3 N–H and O–H groups in total. The molecule has 2 aromatic heterocycles. The Morgan fingerprint density at radius 2 is 1.75 bits per heavy atom. The maximum atomic E-state index is 14.6. The summed E-state index contributed by atoms with van der Waals surface area (Å²) in [5.41, 5.74) is 1.60. The van der Waals surface area contributed by atoms with E-state index in [2.05, 4.69) is 27.5 Å². The highest BCUT2D eigenvalue weighted by molar-refractivity contribution is 6.41. The van der Waals surface area contributed by atoms with Gasteiger partial charge in [-0.2, -0.15) is 4.98 Å². The number of benzene rings is 2. The second-order valence-electron chi connectivity index (χ2n) is 13.0. The van der Waals surface area contributed by atoms with E-state index < -0.39 is 11.7 Å². The number of hydrogen-bond acceptors (Lipinski definition) is 12. The average molecular weight is 810 g/mol. The fourth-order valence-electron chi connectivity index (χ4n) is 6.10. The van der Waals surface area contributed by atoms with Gasteiger partial charge in [-0.25, -0.2) is 9.78 Å². The second-order valence-corrected chi connectivity index (χ2v) is 13.8. The standard InChI is InChI=1S/C39H46Cl2N8O7/c1-7-16-55-23-43-28-21-48(39(52)56-8-2)22-29(28)45-38-42-19-25-17-27(33-34(40)30(53-5)18-31(54-6)35(33)41)37(51)49(36(25)46-38)20-24-11-13-26(14-12-24)44-32(50)10-9-15-47(3)4/h7,9-14,17-19,28-29,43H,1,8,15-16,20-23H2,2-6H3,(H,44,50)(H,42,45,46)/b10-9+. The molecule has 4 aromatic rings. The summed E-state index contributed by atoms with van der Waals surface area (Å²) in [5.74, 6) is 0.506. The number of hydrogen-bond donors (Lipinski definition) is 3. The highest BCUT2D eigenvalue weighted by atomic mass is 35.5. The average Bonchev–Trinajstić information content (AvgIpc) is 3.58. The Morgan fingerprint density at radius 1 is 1.05 bits per heavy atom. The van der Waals surface area contributed by atoms with Crippen LogP contribution in [0.1, 0.15) is 12.5 Å². The lowest BCUT2D eigenvalue weighted by Crippen LogP contribution is -2.44. The molecule has 15 nitrogen and oxygen atoms in total. The van der Waals surface area contributed by atoms with Gasteiger partial charge in [-0.1, -0.05) is 47.5 Å². The first-order valence-corrected chi connectivity index (χ1v) is 18.6. The van der Waals surface area contributed by atoms with Crippen LogP contribution in [0.4, 0.5) is 16.4 Å². The molecule has 0 aliphatic carbocycles. The number of ether oxygens (including phenoxy) is 4. The zero-order valence-electron chi connectivity index (χ0n) is 31.9. The van der Waals surface area contributed by atoms with Crippen molar-refractivity contribution in [3.05, 3.63) is 93.4 Å². The van der Waals surface area contributed by atoms with Gasteiger partial charge in [0, 0.05) is 60.7 Å². The van der Waals surface area contributed by atoms with E-state index in [0.717, 1.165) is 5.56 Å². The largest absolute Gasteiger partial charge is 0.495 e. The van der Waals surface area contributed by atoms with Gasteiger partial charge in [-0.3, -0.25) is 19.5 Å². The molecule has 5 rings (SSSR count). The molecule has 0 bridgehead atoms. The molecule has 0 spiro atoms. The van der Waals surface area contributed by atoms with Crippen molar-refractivity contribution in [1.29, 1.82) is 0 Å². The van der Waals surface area contributed by atoms with E-state index in [1.165, 1.54) is 24.9 Å². The zero-order valence-corrected chi connectivity index (χ0v) is 33.4. The number of anilines is 2. The summed E-state index contributed by atoms with van der Waals surface area (Å²) in [6.45, 7) is 7.61. The number of halogens is 2. The second kappa shape index (κ2) is 19.6. The zero-order chi connectivity index (χ0) is 40.4. The highest BCUT2D eigenvalue weighted by Gasteiger charge is 2.36. The Kier molecular flexibility index (Phi) is 14.7. The van der Waals surface area contributed by atoms with Gasteiger partial charge in [0.15, 0.2) is 0 Å². The third-order valence-corrected chi connectivity index (χ3v) is 9.57. The van der Waals surface area contributed by atoms with Crippen molar-refractivity contribution in [3.8, 4) is 22.6 Å². The number of fused-ring (bicyclic) bond motifs is 1. The van der Waals surface area contributed by atoms with Crippen LogP contribution < -0.4 is 31.0 Å². The van der Waals surface area contributed by atoms with Crippen LogP contribution in [-0.2, 0) is 20.8 Å². The van der Waals surface area contributed by atoms with Gasteiger partial charge >= 0.3 is 6.09 Å². The van der Waals surface area contributed by atoms with Gasteiger partial charge in [0.1, 0.15) is 17.1 Å². The summed E-state index contributed by atoms with van der Waals surface area (Å²) in [4.78, 5) is 52.8. The van der Waals surface area contributed by atoms with Crippen molar-refractivity contribution in [2.75, 3.05) is 78.5 Å². The highest BCUT2D eigenvalue weighted by Crippen LogP contribution is 2.45. The molecular formula is C39H46Cl2N8O7. The quantitative estimate of drug-likeness (QED) is 0.0551. The molecule has 17 heteroatoms. The van der Waals surface area contributed by atoms with E-state index >= 15 is 0 Å². The molecule has 0 radical (unpaired) electrons. The summed E-state index contributed by atoms with van der Waals surface area (Å²) in [6.07, 6.45) is 6.06. The Hall–Kier alpha value is -5.19. The van der Waals surface area contributed by atoms with Crippen molar-refractivity contribution in [3.63, 3.8) is 0 Å². The van der Waals surface area contributed by atoms with Crippen molar-refractivity contribution in [2.24, 2.45) is 0 Å². The van der Waals surface area contributed by atoms with Crippen LogP contribution >= 0.6 is 23.2 Å². The van der Waals surface area contributed by atoms with Crippen LogP contribution in [0, 0.1) is 0 Å². The predicted molar refractivity (Wildman–Crippen MR) is 218 cm³/mol. The van der Waals surface area contributed by atoms with E-state index in [1.54, 1.807) is 54.4 Å². The molecule has 56 heavy (non-hydrogen) atoms. The lowest BCUT2D eigenvalue weighted by Gasteiger charge is -2.21. The van der Waals surface area contributed by atoms with E-state index in [9.17, 15) is 14.4 Å². The lowest BCUT2D eigenvalue weighted by molar-refractivity contribution is -0.111. The van der Waals surface area contributed by atoms with Gasteiger partial charge in [-0.15, -0.1) is 6.58 Å². The molecule has 2 amide bonds. The molecule has 1 saturated heterocycles. The van der Waals surface area contributed by atoms with Crippen LogP contribution in [0.2, 0.25) is 10.0 Å². The Morgan fingerprint density at radius 3 is 2.39 bits per heavy atom. The first kappa shape index (κ1) is 42.0. The number of nitrogens with zero attached hydrogens (tertiary/aromatic N) is 5. The summed E-state index contributed by atoms with van der Waals surface area (Å²) in [7, 11) is 6.74. The van der Waals surface area contributed by atoms with Gasteiger partial charge in [0.25, 0.3) is 5.56 Å². The molecule has 2 aromatic carbocycles. The molecule has 0 saturated carbocycles. The van der Waals surface area contributed by atoms with Gasteiger partial charge < -0.3 is 39.4 Å². The first-order valence-electron chi connectivity index (χ1n) is 17.8. The van der Waals surface area contributed by atoms with Crippen molar-refractivity contribution in [1.82, 2.24) is 29.7 Å². The van der Waals surface area contributed by atoms with Crippen molar-refractivity contribution in [2.45, 2.75) is 25.6 Å². The summed E-state index contributed by atoms with van der Waals surface area (Å²) < 4.78 is 23.3. The van der Waals surface area contributed by atoms with Gasteiger partial charge in [0.2, 0.25) is 11.9 Å². The van der Waals surface area contributed by atoms with Crippen LogP contribution in [-0.4, -0.2) is 116 Å². The van der Waals surface area contributed by atoms with Crippen LogP contribution in [0.25, 0.3) is 22.2 Å². The minimum absolute atomic E-state index is 0.0812. The maximum Gasteiger partial charge on any atom is 0.409 e. The topological polar surface area (TPSA) is 161 Å². The summed E-state index contributed by atoms with van der Waals surface area (Å²) in [6, 6.07) is 9.73. The number of aromatic nitrogens is 3. The Bertz CT molecular complexity index is 2100. The van der Waals surface area contributed by atoms with Crippen LogP contribution in [0.5, 0.6) is 11.5 Å². The SMILES string of the molecule is C=CCOCNC1CN(C(=O)OCC)CC1Nc1ncc2cc(-c3c(Cl)c(OC)cc(OC)c3Cl)c(=O)n(Cc3ccc(NC(=O)/C=C/CN(C)C)cc3)c2n1. The molecule has 2 unspecified atom stereocenters. The number of likely N-dealkylation sites (tertiary alicyclic amines) is 1. The van der Waals surface area contributed by atoms with Crippen LogP contribution in [0.15, 0.2) is 72.2 Å². The minimum Gasteiger partial charge on any atom is -0.495 e. The number of pyridine rings is 1. The Labute approximate surface area is 335 Å². The van der Waals surface area contributed by atoms with E-state index in [0.29, 0.717) is 43.0 Å². The summed E-state index contributed by atoms with van der Waals surface area (Å²) in [5, 5.41) is 10.3. The normalized spacial score (nSPS) is 15.4. The first-order chi connectivity index (χ1) is 27.0. The molecule has 298 valence electrons. The smallest absolute Gasteiger partial charge is 0.409 e. The Balaban J connectivity index is 1.55. The number of amides is 2. The molecule has 1 aliphatic rings. The molecule has 1 fully saturated rings. The molecule has 1 aliphatic heterocycles. The number of carbonyl (C=O) groups is 2. The third kappa shape index (κ3) is 10.2. The fraction of sp³-hybridized carbons (Fsp3) is 0.359. The number of methoxy groups -OCH3 is 2. The van der Waals surface area contributed by atoms with Gasteiger partial charge in [0.05, 0.1) is 62.4 Å². The van der Waals surface area contributed by atoms with Gasteiger partial charge in [-0.05, 0) is 44.8 Å². The number of rotatable bonds is 17. The molecular weight excluding hydrogens is 763 g/mol. The third-order valence-electron chi connectivity index (χ3n) is 8.82. The maximum absolute atomic E-state index is 14.6. The number of likely N-dealkylation sites (N-methyl/N-ethyl adjacent to an activating group) is 1. The van der Waals surface area contributed by atoms with E-state index in [4.69, 9.17) is 47.1 Å². The van der Waals surface area contributed by atoms with Crippen molar-refractivity contribution >= 4 is 57.9 Å². The lowest BCUT2D eigenvalue weighted by atomic mass is 10.0. The monoisotopic (exact) mass is 808 g/mol. The number of carbonyl (C=O) groups excluding carboxylic acids is 2. The molecule has 2 atom stereocenters. The fourth-order valence-corrected chi connectivity index (χ4v) is 6.81. The molecule has 3 heterocycles. The van der Waals surface area contributed by atoms with Crippen molar-refractivity contribution < 1.29 is 28.5 Å². The van der Waals surface area contributed by atoms with E-state index in [-0.39, 0.29) is 76.5 Å². The summed E-state index contributed by atoms with van der Waals surface area (Å²) >= 11 is 13.6. The predicted octanol–water partition coefficient (Wildman–Crippen LogP) is 5.26. The van der Waals surface area contributed by atoms with E-state index in [1.807, 2.05) is 31.1 Å². The van der Waals surface area contributed by atoms with Crippen LogP contribution in [0.3, 0.4) is 0 Å².